The van der Waals surface area contributed by atoms with Crippen molar-refractivity contribution < 1.29 is 34.0 Å². The zero-order valence-electron chi connectivity index (χ0n) is 22.4. The number of ether oxygens (including phenoxy) is 3. The Bertz CT molecular complexity index is 1580. The predicted octanol–water partition coefficient (Wildman–Crippen LogP) is 3.54. The minimum Gasteiger partial charge on any atom is -0.478 e. The highest BCUT2D eigenvalue weighted by molar-refractivity contribution is 6.31. The van der Waals surface area contributed by atoms with Gasteiger partial charge in [0.15, 0.2) is 11.6 Å². The third kappa shape index (κ3) is 10.4. The summed E-state index contributed by atoms with van der Waals surface area (Å²) in [6.07, 6.45) is 7.72. The number of benzene rings is 2. The number of halogens is 2. The number of aliphatic hydroxyl groups is 1. The van der Waals surface area contributed by atoms with Crippen LogP contribution in [-0.4, -0.2) is 90.3 Å². The zero-order valence-corrected chi connectivity index (χ0v) is 24.0. The molecular formula is C28H26Cl2N6O7. The number of rotatable bonds is 7. The van der Waals surface area contributed by atoms with Gasteiger partial charge in [0.2, 0.25) is 0 Å². The molecule has 0 saturated carbocycles. The fourth-order valence-corrected chi connectivity index (χ4v) is 3.58. The Hall–Kier alpha value is -4.40. The molecule has 0 unspecified atom stereocenters. The first-order chi connectivity index (χ1) is 20.7. The van der Waals surface area contributed by atoms with Crippen molar-refractivity contribution >= 4 is 47.5 Å². The molecule has 224 valence electrons. The highest BCUT2D eigenvalue weighted by atomic mass is 35.5. The van der Waals surface area contributed by atoms with Gasteiger partial charge < -0.3 is 24.4 Å². The predicted molar refractivity (Wildman–Crippen MR) is 157 cm³/mol. The van der Waals surface area contributed by atoms with E-state index >= 15 is 0 Å². The number of esters is 1. The van der Waals surface area contributed by atoms with Crippen molar-refractivity contribution in [1.29, 1.82) is 0 Å². The average molecular weight is 629 g/mol. The molecule has 4 heterocycles. The second-order valence-corrected chi connectivity index (χ2v) is 9.75. The molecular weight excluding hydrogens is 603 g/mol. The van der Waals surface area contributed by atoms with Gasteiger partial charge in [-0.1, -0.05) is 47.5 Å². The van der Waals surface area contributed by atoms with E-state index in [9.17, 15) is 9.59 Å². The molecule has 2 N–H and O–H groups in total. The first-order valence-electron chi connectivity index (χ1n) is 12.7. The Labute approximate surface area is 255 Å². The molecule has 0 spiro atoms. The van der Waals surface area contributed by atoms with Crippen LogP contribution in [-0.2, 0) is 23.8 Å². The first kappa shape index (κ1) is 31.5. The Morgan fingerprint density at radius 1 is 0.837 bits per heavy atom. The van der Waals surface area contributed by atoms with Crippen LogP contribution in [0.1, 0.15) is 0 Å². The molecule has 0 bridgehead atoms. The molecule has 43 heavy (non-hydrogen) atoms. The van der Waals surface area contributed by atoms with E-state index in [0.717, 1.165) is 17.2 Å². The topological polar surface area (TPSA) is 164 Å². The Balaban J connectivity index is 0.000000172. The Morgan fingerprint density at radius 2 is 1.33 bits per heavy atom. The van der Waals surface area contributed by atoms with E-state index in [1.165, 1.54) is 40.5 Å². The third-order valence-corrected chi connectivity index (χ3v) is 5.90. The summed E-state index contributed by atoms with van der Waals surface area (Å²) in [5, 5.41) is 26.3. The van der Waals surface area contributed by atoms with Crippen molar-refractivity contribution in [1.82, 2.24) is 29.5 Å². The summed E-state index contributed by atoms with van der Waals surface area (Å²) >= 11 is 11.8. The molecule has 4 aromatic rings. The van der Waals surface area contributed by atoms with Crippen LogP contribution in [0.2, 0.25) is 10.0 Å². The van der Waals surface area contributed by atoms with Gasteiger partial charge in [-0.05, 0) is 24.3 Å². The van der Waals surface area contributed by atoms with E-state index in [0.29, 0.717) is 48.1 Å². The van der Waals surface area contributed by atoms with Gasteiger partial charge in [-0.15, -0.1) is 10.2 Å². The summed E-state index contributed by atoms with van der Waals surface area (Å²) in [5.74, 6) is -0.446. The monoisotopic (exact) mass is 628 g/mol. The van der Waals surface area contributed by atoms with E-state index in [1.807, 2.05) is 18.2 Å². The lowest BCUT2D eigenvalue weighted by Gasteiger charge is -2.24. The maximum absolute atomic E-state index is 11.5. The summed E-state index contributed by atoms with van der Waals surface area (Å²) in [6.45, 7) is 2.00. The van der Waals surface area contributed by atoms with Gasteiger partial charge in [-0.25, -0.2) is 28.9 Å². The van der Waals surface area contributed by atoms with Crippen LogP contribution in [0.3, 0.4) is 0 Å². The van der Waals surface area contributed by atoms with Crippen molar-refractivity contribution in [2.75, 3.05) is 26.4 Å². The SMILES string of the molecule is O=C(/C=C\n1cnc(-c2cccc(Cl)c2)n1)OC1COC1.O=C(O)/C=C\n1cnc(-c2cccc(Cl)c2)n1.OC1COC1. The third-order valence-electron chi connectivity index (χ3n) is 5.43. The van der Waals surface area contributed by atoms with E-state index in [1.54, 1.807) is 30.3 Å². The molecule has 2 aromatic carbocycles. The number of hydrogen-bond acceptors (Lipinski definition) is 10. The lowest BCUT2D eigenvalue weighted by atomic mass is 10.2. The number of aliphatic hydroxyl groups excluding tert-OH is 1. The van der Waals surface area contributed by atoms with Crippen molar-refractivity contribution in [2.45, 2.75) is 12.2 Å². The average Bonchev–Trinajstić information content (AvgIpc) is 3.63. The van der Waals surface area contributed by atoms with E-state index in [4.69, 9.17) is 42.9 Å². The van der Waals surface area contributed by atoms with Crippen LogP contribution in [0.4, 0.5) is 0 Å². The molecule has 0 atom stereocenters. The van der Waals surface area contributed by atoms with Crippen LogP contribution in [0.25, 0.3) is 35.2 Å². The van der Waals surface area contributed by atoms with Crippen molar-refractivity contribution in [2.24, 2.45) is 0 Å². The number of aromatic nitrogens is 6. The first-order valence-corrected chi connectivity index (χ1v) is 13.5. The van der Waals surface area contributed by atoms with Gasteiger partial charge in [0.25, 0.3) is 0 Å². The van der Waals surface area contributed by atoms with Gasteiger partial charge in [-0.3, -0.25) is 0 Å². The number of carboxylic acid groups (broad SMARTS) is 1. The quantitative estimate of drug-likeness (QED) is 0.227. The van der Waals surface area contributed by atoms with Crippen LogP contribution >= 0.6 is 23.2 Å². The van der Waals surface area contributed by atoms with Crippen molar-refractivity contribution in [3.05, 3.63) is 83.4 Å². The van der Waals surface area contributed by atoms with Gasteiger partial charge in [-0.2, -0.15) is 0 Å². The lowest BCUT2D eigenvalue weighted by Crippen LogP contribution is -2.37. The normalized spacial score (nSPS) is 14.7. The van der Waals surface area contributed by atoms with E-state index in [-0.39, 0.29) is 12.2 Å². The number of carbonyl (C=O) groups excluding carboxylic acids is 1. The molecule has 0 radical (unpaired) electrons. The van der Waals surface area contributed by atoms with Gasteiger partial charge in [0.05, 0.1) is 26.4 Å². The van der Waals surface area contributed by atoms with Crippen LogP contribution in [0.5, 0.6) is 0 Å². The van der Waals surface area contributed by atoms with Crippen LogP contribution in [0, 0.1) is 0 Å². The second kappa shape index (κ2) is 15.7. The minimum absolute atomic E-state index is 0.139. The van der Waals surface area contributed by atoms with E-state index < -0.39 is 11.9 Å². The molecule has 6 rings (SSSR count). The second-order valence-electron chi connectivity index (χ2n) is 8.87. The molecule has 15 heteroatoms. The van der Waals surface area contributed by atoms with Crippen molar-refractivity contribution in [3.8, 4) is 22.8 Å². The van der Waals surface area contributed by atoms with E-state index in [2.05, 4.69) is 24.9 Å². The number of carbonyl (C=O) groups is 2. The van der Waals surface area contributed by atoms with Crippen molar-refractivity contribution in [3.63, 3.8) is 0 Å². The maximum atomic E-state index is 11.5. The van der Waals surface area contributed by atoms with Gasteiger partial charge in [0, 0.05) is 45.7 Å². The highest BCUT2D eigenvalue weighted by Crippen LogP contribution is 2.20. The molecule has 2 aliphatic heterocycles. The van der Waals surface area contributed by atoms with Gasteiger partial charge in [0.1, 0.15) is 24.9 Å². The molecule has 0 aliphatic carbocycles. The molecule has 2 aliphatic rings. The number of hydrogen-bond donors (Lipinski definition) is 2. The summed E-state index contributed by atoms with van der Waals surface area (Å²) in [4.78, 5) is 30.0. The smallest absolute Gasteiger partial charge is 0.332 e. The fraction of sp³-hybridized carbons (Fsp3) is 0.214. The summed E-state index contributed by atoms with van der Waals surface area (Å²) in [6, 6.07) is 14.4. The number of nitrogens with zero attached hydrogens (tertiary/aromatic N) is 6. The zero-order chi connectivity index (χ0) is 30.6. The number of aliphatic carboxylic acids is 1. The molecule has 2 aromatic heterocycles. The molecule has 2 saturated heterocycles. The highest BCUT2D eigenvalue weighted by Gasteiger charge is 2.21. The minimum atomic E-state index is -1.04. The largest absolute Gasteiger partial charge is 0.478 e. The fourth-order valence-electron chi connectivity index (χ4n) is 3.20. The lowest BCUT2D eigenvalue weighted by molar-refractivity contribution is -0.166. The van der Waals surface area contributed by atoms with Crippen LogP contribution < -0.4 is 0 Å². The molecule has 2 fully saturated rings. The maximum Gasteiger partial charge on any atom is 0.332 e. The summed E-state index contributed by atoms with van der Waals surface area (Å²) < 4.78 is 17.4. The number of carboxylic acids is 1. The Morgan fingerprint density at radius 3 is 1.72 bits per heavy atom. The van der Waals surface area contributed by atoms with Gasteiger partial charge >= 0.3 is 11.9 Å². The van der Waals surface area contributed by atoms with Crippen LogP contribution in [0.15, 0.2) is 73.3 Å². The summed E-state index contributed by atoms with van der Waals surface area (Å²) in [5.41, 5.74) is 1.59. The standard InChI is InChI=1S/C14H12ClN3O3.C11H8ClN3O2.C3H6O2/c15-11-3-1-2-10(6-11)14-16-9-18(17-14)5-4-13(19)21-12-7-20-8-12;12-9-3-1-2-8(6-9)11-13-7-15(14-11)5-4-10(16)17;4-3-1-5-2-3/h1-6,9,12H,7-8H2;1-7H,(H,16,17);3-4H,1-2H2/b2*5-4-;. The Kier molecular flexibility index (Phi) is 11.5. The molecule has 0 amide bonds. The molecule has 13 nitrogen and oxygen atoms in total. The summed E-state index contributed by atoms with van der Waals surface area (Å²) in [7, 11) is 0.